The first kappa shape index (κ1) is 19.1. The molecule has 0 radical (unpaired) electrons. The quantitative estimate of drug-likeness (QED) is 0.327. The van der Waals surface area contributed by atoms with Crippen molar-refractivity contribution in [2.75, 3.05) is 26.2 Å². The van der Waals surface area contributed by atoms with Crippen LogP contribution in [0.15, 0.2) is 11.3 Å². The van der Waals surface area contributed by atoms with Crippen molar-refractivity contribution in [2.45, 2.75) is 59.4 Å². The Morgan fingerprint density at radius 2 is 1.37 bits per heavy atom. The molecule has 0 rings (SSSR count). The van der Waals surface area contributed by atoms with E-state index in [1.807, 2.05) is 0 Å². The molecular weight excluding hydrogens is 264 g/mol. The molecule has 0 heterocycles. The first-order valence-corrected chi connectivity index (χ1v) is 11.8. The lowest BCUT2D eigenvalue weighted by molar-refractivity contribution is 0.115. The van der Waals surface area contributed by atoms with Gasteiger partial charge in [-0.15, -0.1) is 5.70 Å². The Bertz CT molecular complexity index is 220. The zero-order valence-electron chi connectivity index (χ0n) is 14.2. The Labute approximate surface area is 126 Å². The predicted molar refractivity (Wildman–Crippen MR) is 95.8 cm³/mol. The van der Waals surface area contributed by atoms with E-state index in [1.165, 1.54) is 43.8 Å². The van der Waals surface area contributed by atoms with Crippen LogP contribution >= 0.6 is 0 Å². The molecule has 114 valence electrons. The summed E-state index contributed by atoms with van der Waals surface area (Å²) in [6, 6.07) is 3.06. The SMILES string of the molecule is CCN(CC)C([SiH2]CC[SiH2]C=C(C)C)N(CC)CC. The van der Waals surface area contributed by atoms with Crippen LogP contribution < -0.4 is 0 Å². The van der Waals surface area contributed by atoms with E-state index in [0.717, 1.165) is 5.79 Å². The molecule has 0 atom stereocenters. The average molecular weight is 301 g/mol. The van der Waals surface area contributed by atoms with Gasteiger partial charge >= 0.3 is 0 Å². The van der Waals surface area contributed by atoms with E-state index < -0.39 is 0 Å². The van der Waals surface area contributed by atoms with Gasteiger partial charge in [0.1, 0.15) is 0 Å². The van der Waals surface area contributed by atoms with Crippen LogP contribution in [-0.4, -0.2) is 60.8 Å². The van der Waals surface area contributed by atoms with Gasteiger partial charge < -0.3 is 0 Å². The topological polar surface area (TPSA) is 6.48 Å². The third-order valence-electron chi connectivity index (χ3n) is 3.94. The zero-order valence-corrected chi connectivity index (χ0v) is 17.0. The highest BCUT2D eigenvalue weighted by molar-refractivity contribution is 6.46. The molecule has 0 spiro atoms. The van der Waals surface area contributed by atoms with Gasteiger partial charge in [0.25, 0.3) is 0 Å². The van der Waals surface area contributed by atoms with Crippen molar-refractivity contribution in [1.29, 1.82) is 0 Å². The van der Waals surface area contributed by atoms with E-state index in [2.05, 4.69) is 57.0 Å². The first-order chi connectivity index (χ1) is 9.10. The molecule has 2 nitrogen and oxygen atoms in total. The minimum absolute atomic E-state index is 0.00111. The summed E-state index contributed by atoms with van der Waals surface area (Å²) in [6.07, 6.45) is 0. The van der Waals surface area contributed by atoms with E-state index in [0.29, 0.717) is 0 Å². The van der Waals surface area contributed by atoms with Gasteiger partial charge in [-0.05, 0) is 40.0 Å². The molecule has 0 aromatic heterocycles. The predicted octanol–water partition coefficient (Wildman–Crippen LogP) is 2.05. The minimum Gasteiger partial charge on any atom is -0.292 e. The lowest BCUT2D eigenvalue weighted by atomic mass is 10.4. The zero-order chi connectivity index (χ0) is 14.7. The van der Waals surface area contributed by atoms with Gasteiger partial charge in [-0.3, -0.25) is 9.80 Å². The summed E-state index contributed by atoms with van der Waals surface area (Å²) in [7, 11) is 0.0811. The van der Waals surface area contributed by atoms with Crippen molar-refractivity contribution in [1.82, 2.24) is 9.80 Å². The minimum atomic E-state index is -0.00111. The number of nitrogens with zero attached hydrogens (tertiary/aromatic N) is 2. The van der Waals surface area contributed by atoms with Crippen molar-refractivity contribution in [3.63, 3.8) is 0 Å². The van der Waals surface area contributed by atoms with Gasteiger partial charge in [0.05, 0.1) is 9.52 Å². The summed E-state index contributed by atoms with van der Waals surface area (Å²) in [5.41, 5.74) is 4.05. The molecule has 0 aromatic rings. The van der Waals surface area contributed by atoms with Crippen LogP contribution in [0, 0.1) is 0 Å². The van der Waals surface area contributed by atoms with Crippen LogP contribution in [0.2, 0.25) is 12.1 Å². The van der Waals surface area contributed by atoms with Crippen LogP contribution in [0.4, 0.5) is 0 Å². The third kappa shape index (κ3) is 8.07. The number of hydrogen-bond donors (Lipinski definition) is 0. The third-order valence-corrected chi connectivity index (χ3v) is 9.41. The molecule has 0 aliphatic carbocycles. The average Bonchev–Trinajstić information content (AvgIpc) is 2.40. The maximum atomic E-state index is 2.68. The Kier molecular flexibility index (Phi) is 11.9. The molecule has 0 aliphatic heterocycles. The highest BCUT2D eigenvalue weighted by atomic mass is 28.2. The van der Waals surface area contributed by atoms with Gasteiger partial charge in [0.2, 0.25) is 0 Å². The molecule has 0 aliphatic rings. The highest BCUT2D eigenvalue weighted by Crippen LogP contribution is 2.08. The normalized spacial score (nSPS) is 12.9. The maximum absolute atomic E-state index is 2.68. The molecule has 0 fully saturated rings. The van der Waals surface area contributed by atoms with Crippen LogP contribution in [0.25, 0.3) is 0 Å². The molecule has 0 unspecified atom stereocenters. The Balaban J connectivity index is 4.30. The van der Waals surface area contributed by atoms with Gasteiger partial charge in [0.15, 0.2) is 0 Å². The fourth-order valence-corrected chi connectivity index (χ4v) is 7.97. The monoisotopic (exact) mass is 300 g/mol. The van der Waals surface area contributed by atoms with Crippen molar-refractivity contribution in [3.05, 3.63) is 11.3 Å². The summed E-state index contributed by atoms with van der Waals surface area (Å²) in [6.45, 7) is 18.5. The molecule has 0 aromatic carbocycles. The Morgan fingerprint density at radius 3 is 1.74 bits per heavy atom. The van der Waals surface area contributed by atoms with Gasteiger partial charge in [-0.25, -0.2) is 0 Å². The number of hydrogen-bond acceptors (Lipinski definition) is 2. The number of rotatable bonds is 11. The fraction of sp³-hybridized carbons (Fsp3) is 0.867. The smallest absolute Gasteiger partial charge is 0.0589 e. The van der Waals surface area contributed by atoms with Crippen molar-refractivity contribution >= 4 is 19.0 Å². The maximum Gasteiger partial charge on any atom is 0.0589 e. The standard InChI is InChI=1S/C15H36N2Si2/c1-7-16(8-2)15(17(9-3)10-4)19-12-11-18-13-14(5)6/h13,15H,7-12,18-19H2,1-6H3. The molecule has 19 heavy (non-hydrogen) atoms. The summed E-state index contributed by atoms with van der Waals surface area (Å²) in [5.74, 6) is 0.797. The van der Waals surface area contributed by atoms with Crippen LogP contribution in [0.3, 0.4) is 0 Å². The Hall–Kier alpha value is 0.0938. The summed E-state index contributed by atoms with van der Waals surface area (Å²) >= 11 is 0. The first-order valence-electron chi connectivity index (χ1n) is 8.21. The molecule has 0 amide bonds. The summed E-state index contributed by atoms with van der Waals surface area (Å²) in [5, 5.41) is 0. The van der Waals surface area contributed by atoms with Crippen molar-refractivity contribution < 1.29 is 0 Å². The molecule has 0 bridgehead atoms. The van der Waals surface area contributed by atoms with E-state index in [9.17, 15) is 0 Å². The van der Waals surface area contributed by atoms with E-state index >= 15 is 0 Å². The molecule has 0 saturated heterocycles. The fourth-order valence-electron chi connectivity index (χ4n) is 2.75. The van der Waals surface area contributed by atoms with Crippen molar-refractivity contribution in [2.24, 2.45) is 0 Å². The molecule has 0 saturated carbocycles. The molecule has 0 N–H and O–H groups in total. The largest absolute Gasteiger partial charge is 0.292 e. The lowest BCUT2D eigenvalue weighted by Crippen LogP contribution is -2.51. The van der Waals surface area contributed by atoms with E-state index in [-0.39, 0.29) is 19.0 Å². The van der Waals surface area contributed by atoms with Gasteiger partial charge in [-0.1, -0.05) is 45.4 Å². The molecular formula is C15H36N2Si2. The lowest BCUT2D eigenvalue weighted by Gasteiger charge is -2.38. The van der Waals surface area contributed by atoms with Gasteiger partial charge in [-0.2, -0.15) is 0 Å². The Morgan fingerprint density at radius 1 is 0.895 bits per heavy atom. The second-order valence-electron chi connectivity index (χ2n) is 5.49. The highest BCUT2D eigenvalue weighted by Gasteiger charge is 2.20. The second kappa shape index (κ2) is 11.9. The summed E-state index contributed by atoms with van der Waals surface area (Å²) < 4.78 is 0. The van der Waals surface area contributed by atoms with E-state index in [1.54, 1.807) is 0 Å². The summed E-state index contributed by atoms with van der Waals surface area (Å²) in [4.78, 5) is 5.36. The second-order valence-corrected chi connectivity index (χ2v) is 9.20. The van der Waals surface area contributed by atoms with Crippen molar-refractivity contribution in [3.8, 4) is 0 Å². The molecule has 4 heteroatoms. The van der Waals surface area contributed by atoms with Gasteiger partial charge in [0, 0.05) is 15.3 Å². The van der Waals surface area contributed by atoms with Crippen LogP contribution in [0.5, 0.6) is 0 Å². The van der Waals surface area contributed by atoms with Crippen LogP contribution in [-0.2, 0) is 0 Å². The van der Waals surface area contributed by atoms with Crippen LogP contribution in [0.1, 0.15) is 41.5 Å². The van der Waals surface area contributed by atoms with E-state index in [4.69, 9.17) is 0 Å². The number of allylic oxidation sites excluding steroid dienone is 1.